The van der Waals surface area contributed by atoms with E-state index in [1.54, 1.807) is 4.52 Å². The summed E-state index contributed by atoms with van der Waals surface area (Å²) in [5.41, 5.74) is 4.98. The molecule has 0 spiro atoms. The Balaban J connectivity index is 2.22. The summed E-state index contributed by atoms with van der Waals surface area (Å²) in [6.45, 7) is 4.14. The van der Waals surface area contributed by atoms with Crippen LogP contribution in [0.3, 0.4) is 0 Å². The second kappa shape index (κ2) is 4.67. The molecule has 0 saturated carbocycles. The Morgan fingerprint density at radius 2 is 2.00 bits per heavy atom. The summed E-state index contributed by atoms with van der Waals surface area (Å²) in [5, 5.41) is 5.14. The molecule has 0 aliphatic heterocycles. The van der Waals surface area contributed by atoms with Crippen LogP contribution in [0.25, 0.3) is 16.9 Å². The van der Waals surface area contributed by atoms with E-state index < -0.39 is 0 Å². The van der Waals surface area contributed by atoms with Crippen molar-refractivity contribution < 1.29 is 0 Å². The van der Waals surface area contributed by atoms with Gasteiger partial charge in [0.1, 0.15) is 5.15 Å². The van der Waals surface area contributed by atoms with Crippen LogP contribution in [0.4, 0.5) is 0 Å². The van der Waals surface area contributed by atoms with Gasteiger partial charge in [-0.2, -0.15) is 5.10 Å². The molecule has 96 valence electrons. The second-order valence-corrected chi connectivity index (χ2v) is 4.93. The smallest absolute Gasteiger partial charge is 0.157 e. The first-order chi connectivity index (χ1) is 9.19. The number of halogens is 1. The molecule has 2 aromatic heterocycles. The van der Waals surface area contributed by atoms with Crippen LogP contribution in [0.5, 0.6) is 0 Å². The minimum Gasteiger partial charge on any atom is -0.233 e. The number of aryl methyl sites for hydroxylation is 2. The van der Waals surface area contributed by atoms with Crippen molar-refractivity contribution in [3.05, 3.63) is 52.8 Å². The molecule has 3 rings (SSSR count). The van der Waals surface area contributed by atoms with Crippen molar-refractivity contribution in [2.24, 2.45) is 0 Å². The molecule has 4 heteroatoms. The molecule has 0 atom stereocenters. The molecule has 19 heavy (non-hydrogen) atoms. The maximum atomic E-state index is 6.24. The molecule has 0 amide bonds. The number of hydrogen-bond donors (Lipinski definition) is 0. The molecule has 0 aliphatic rings. The van der Waals surface area contributed by atoms with Gasteiger partial charge in [0, 0.05) is 17.3 Å². The van der Waals surface area contributed by atoms with Gasteiger partial charge in [-0.25, -0.2) is 9.50 Å². The van der Waals surface area contributed by atoms with E-state index in [4.69, 9.17) is 11.6 Å². The SMILES string of the molecule is CCc1cc(Cl)n2nc(-c3ccccc3C)cc2n1. The normalized spacial score (nSPS) is 11.1. The lowest BCUT2D eigenvalue weighted by Gasteiger charge is -2.00. The fraction of sp³-hybridized carbons (Fsp3) is 0.200. The Morgan fingerprint density at radius 1 is 1.21 bits per heavy atom. The van der Waals surface area contributed by atoms with E-state index in [1.165, 1.54) is 5.56 Å². The molecule has 3 nitrogen and oxygen atoms in total. The van der Waals surface area contributed by atoms with E-state index in [2.05, 4.69) is 36.1 Å². The molecule has 0 unspecified atom stereocenters. The predicted molar refractivity (Wildman–Crippen MR) is 77.5 cm³/mol. The number of hydrogen-bond acceptors (Lipinski definition) is 2. The summed E-state index contributed by atoms with van der Waals surface area (Å²) in [7, 11) is 0. The van der Waals surface area contributed by atoms with Crippen LogP contribution in [0.15, 0.2) is 36.4 Å². The molecule has 0 N–H and O–H groups in total. The highest BCUT2D eigenvalue weighted by Crippen LogP contribution is 2.24. The molecule has 2 heterocycles. The van der Waals surface area contributed by atoms with Gasteiger partial charge in [-0.15, -0.1) is 0 Å². The molecule has 0 saturated heterocycles. The Morgan fingerprint density at radius 3 is 2.74 bits per heavy atom. The van der Waals surface area contributed by atoms with Gasteiger partial charge in [-0.1, -0.05) is 42.8 Å². The Labute approximate surface area is 116 Å². The number of nitrogens with zero attached hydrogens (tertiary/aromatic N) is 3. The van der Waals surface area contributed by atoms with E-state index in [0.717, 1.165) is 29.0 Å². The summed E-state index contributed by atoms with van der Waals surface area (Å²) in [5.74, 6) is 0. The van der Waals surface area contributed by atoms with Crippen LogP contribution in [0, 0.1) is 6.92 Å². The molecule has 0 aliphatic carbocycles. The van der Waals surface area contributed by atoms with Crippen molar-refractivity contribution in [1.29, 1.82) is 0 Å². The van der Waals surface area contributed by atoms with Crippen molar-refractivity contribution in [2.75, 3.05) is 0 Å². The summed E-state index contributed by atoms with van der Waals surface area (Å²) in [6.07, 6.45) is 0.862. The van der Waals surface area contributed by atoms with Gasteiger partial charge < -0.3 is 0 Å². The highest BCUT2D eigenvalue weighted by molar-refractivity contribution is 6.29. The van der Waals surface area contributed by atoms with Gasteiger partial charge in [-0.3, -0.25) is 0 Å². The zero-order valence-electron chi connectivity index (χ0n) is 10.9. The topological polar surface area (TPSA) is 30.2 Å². The summed E-state index contributed by atoms with van der Waals surface area (Å²) < 4.78 is 1.68. The third-order valence-electron chi connectivity index (χ3n) is 3.22. The fourth-order valence-corrected chi connectivity index (χ4v) is 2.41. The van der Waals surface area contributed by atoms with Gasteiger partial charge in [-0.05, 0) is 25.0 Å². The third kappa shape index (κ3) is 2.10. The largest absolute Gasteiger partial charge is 0.233 e. The van der Waals surface area contributed by atoms with Gasteiger partial charge in [0.2, 0.25) is 0 Å². The number of benzene rings is 1. The van der Waals surface area contributed by atoms with Gasteiger partial charge >= 0.3 is 0 Å². The lowest BCUT2D eigenvalue weighted by atomic mass is 10.1. The second-order valence-electron chi connectivity index (χ2n) is 4.54. The molecule has 0 bridgehead atoms. The van der Waals surface area contributed by atoms with Gasteiger partial charge in [0.15, 0.2) is 5.65 Å². The van der Waals surface area contributed by atoms with Crippen LogP contribution in [0.1, 0.15) is 18.2 Å². The molecular formula is C15H14ClN3. The monoisotopic (exact) mass is 271 g/mol. The van der Waals surface area contributed by atoms with Crippen LogP contribution < -0.4 is 0 Å². The quantitative estimate of drug-likeness (QED) is 0.661. The molecule has 1 aromatic carbocycles. The molecule has 0 fully saturated rings. The lowest BCUT2D eigenvalue weighted by molar-refractivity contribution is 0.915. The van der Waals surface area contributed by atoms with E-state index >= 15 is 0 Å². The Hall–Kier alpha value is -1.87. The van der Waals surface area contributed by atoms with E-state index in [1.807, 2.05) is 24.3 Å². The zero-order valence-corrected chi connectivity index (χ0v) is 11.6. The standard InChI is InChI=1S/C15H14ClN3/c1-3-11-8-14(16)19-15(17-11)9-13(18-19)12-7-5-4-6-10(12)2/h4-9H,3H2,1-2H3. The number of aromatic nitrogens is 3. The predicted octanol–water partition coefficient (Wildman–Crippen LogP) is 3.92. The average Bonchev–Trinajstić information content (AvgIpc) is 2.83. The van der Waals surface area contributed by atoms with Crippen molar-refractivity contribution >= 4 is 17.2 Å². The zero-order chi connectivity index (χ0) is 13.4. The Kier molecular flexibility index (Phi) is 2.99. The van der Waals surface area contributed by atoms with Crippen molar-refractivity contribution in [3.8, 4) is 11.3 Å². The summed E-state index contributed by atoms with van der Waals surface area (Å²) >= 11 is 6.24. The third-order valence-corrected chi connectivity index (χ3v) is 3.49. The van der Waals surface area contributed by atoms with E-state index in [0.29, 0.717) is 5.15 Å². The highest BCUT2D eigenvalue weighted by Gasteiger charge is 2.10. The average molecular weight is 272 g/mol. The molecular weight excluding hydrogens is 258 g/mol. The first-order valence-corrected chi connectivity index (χ1v) is 6.68. The minimum atomic E-state index is 0.599. The first-order valence-electron chi connectivity index (χ1n) is 6.30. The molecule has 0 radical (unpaired) electrons. The summed E-state index contributed by atoms with van der Waals surface area (Å²) in [4.78, 5) is 4.55. The molecule has 3 aromatic rings. The number of fused-ring (bicyclic) bond motifs is 1. The van der Waals surface area contributed by atoms with Crippen LogP contribution >= 0.6 is 11.6 Å². The summed E-state index contributed by atoms with van der Waals surface area (Å²) in [6, 6.07) is 12.0. The fourth-order valence-electron chi connectivity index (χ4n) is 2.16. The van der Waals surface area contributed by atoms with E-state index in [-0.39, 0.29) is 0 Å². The van der Waals surface area contributed by atoms with Crippen molar-refractivity contribution in [2.45, 2.75) is 20.3 Å². The van der Waals surface area contributed by atoms with E-state index in [9.17, 15) is 0 Å². The van der Waals surface area contributed by atoms with Crippen LogP contribution in [-0.2, 0) is 6.42 Å². The maximum absolute atomic E-state index is 6.24. The minimum absolute atomic E-state index is 0.599. The van der Waals surface area contributed by atoms with Gasteiger partial charge in [0.25, 0.3) is 0 Å². The van der Waals surface area contributed by atoms with Crippen LogP contribution in [-0.4, -0.2) is 14.6 Å². The maximum Gasteiger partial charge on any atom is 0.157 e. The Bertz CT molecular complexity index is 746. The van der Waals surface area contributed by atoms with Crippen molar-refractivity contribution in [1.82, 2.24) is 14.6 Å². The highest BCUT2D eigenvalue weighted by atomic mass is 35.5. The van der Waals surface area contributed by atoms with Crippen LogP contribution in [0.2, 0.25) is 5.15 Å². The van der Waals surface area contributed by atoms with Crippen molar-refractivity contribution in [3.63, 3.8) is 0 Å². The number of rotatable bonds is 2. The first kappa shape index (κ1) is 12.2. The van der Waals surface area contributed by atoms with Gasteiger partial charge in [0.05, 0.1) is 5.69 Å². The lowest BCUT2D eigenvalue weighted by Crippen LogP contribution is -1.96.